The highest BCUT2D eigenvalue weighted by molar-refractivity contribution is 5.99. The van der Waals surface area contributed by atoms with Gasteiger partial charge in [-0.15, -0.1) is 0 Å². The lowest BCUT2D eigenvalue weighted by Crippen LogP contribution is -2.60. The molecule has 2 heterocycles. The number of fused-ring (bicyclic) bond motifs is 1. The molecule has 2 saturated heterocycles. The summed E-state index contributed by atoms with van der Waals surface area (Å²) in [5.74, 6) is -1.33. The Hall–Kier alpha value is -2.44. The minimum absolute atomic E-state index is 0.170. The van der Waals surface area contributed by atoms with Crippen molar-refractivity contribution in [2.75, 3.05) is 14.2 Å². The number of likely N-dealkylation sites (N-methyl/N-ethyl adjacent to an activating group) is 1. The maximum atomic E-state index is 13.3. The van der Waals surface area contributed by atoms with Gasteiger partial charge in [0.2, 0.25) is 11.8 Å². The van der Waals surface area contributed by atoms with Crippen LogP contribution in [0.3, 0.4) is 0 Å². The van der Waals surface area contributed by atoms with Crippen molar-refractivity contribution in [1.29, 1.82) is 0 Å². The third-order valence-corrected chi connectivity index (χ3v) is 5.50. The van der Waals surface area contributed by atoms with Crippen molar-refractivity contribution in [3.05, 3.63) is 35.6 Å². The summed E-state index contributed by atoms with van der Waals surface area (Å²) in [6.45, 7) is 3.35. The average Bonchev–Trinajstić information content (AvgIpc) is 2.93. The molecule has 0 aliphatic carbocycles. The lowest BCUT2D eigenvalue weighted by atomic mass is 9.78. The number of halogens is 1. The third kappa shape index (κ3) is 2.41. The van der Waals surface area contributed by atoms with Gasteiger partial charge in [0.05, 0.1) is 18.6 Å². The van der Waals surface area contributed by atoms with Gasteiger partial charge in [-0.3, -0.25) is 14.4 Å². The van der Waals surface area contributed by atoms with Crippen LogP contribution < -0.4 is 0 Å². The number of methoxy groups -OCH3 is 1. The van der Waals surface area contributed by atoms with Crippen molar-refractivity contribution in [2.24, 2.45) is 5.41 Å². The number of rotatable bonds is 2. The molecule has 1 aromatic rings. The van der Waals surface area contributed by atoms with Crippen molar-refractivity contribution in [3.8, 4) is 0 Å². The third-order valence-electron chi connectivity index (χ3n) is 5.50. The van der Waals surface area contributed by atoms with Crippen LogP contribution in [0.5, 0.6) is 0 Å². The Morgan fingerprint density at radius 1 is 1.24 bits per heavy atom. The van der Waals surface area contributed by atoms with Crippen molar-refractivity contribution >= 4 is 17.8 Å². The van der Waals surface area contributed by atoms with Crippen LogP contribution in [0, 0.1) is 11.2 Å². The summed E-state index contributed by atoms with van der Waals surface area (Å²) in [5, 5.41) is 0. The number of piperazine rings is 1. The smallest absolute Gasteiger partial charge is 0.314 e. The zero-order valence-corrected chi connectivity index (χ0v) is 14.7. The number of hydrogen-bond donors (Lipinski definition) is 0. The number of ether oxygens (including phenoxy) is 1. The molecule has 2 aliphatic rings. The SMILES string of the molecule is COC(=O)[C@@]1(C)C[C@H]2C(=O)N(C)[C@H](C)C(=O)N2[C@H]1c1ccc(F)cc1. The van der Waals surface area contributed by atoms with E-state index in [2.05, 4.69) is 0 Å². The van der Waals surface area contributed by atoms with Crippen LogP contribution in [0.2, 0.25) is 0 Å². The number of hydrogen-bond acceptors (Lipinski definition) is 4. The molecule has 25 heavy (non-hydrogen) atoms. The molecule has 0 spiro atoms. The molecular formula is C18H21FN2O4. The fraction of sp³-hybridized carbons (Fsp3) is 0.500. The van der Waals surface area contributed by atoms with Crippen LogP contribution in [0.1, 0.15) is 31.9 Å². The Balaban J connectivity index is 2.15. The fourth-order valence-electron chi connectivity index (χ4n) is 3.99. The fourth-order valence-corrected chi connectivity index (χ4v) is 3.99. The van der Waals surface area contributed by atoms with Crippen LogP contribution in [0.15, 0.2) is 24.3 Å². The number of esters is 1. The summed E-state index contributed by atoms with van der Waals surface area (Å²) in [5.41, 5.74) is -0.484. The van der Waals surface area contributed by atoms with Crippen LogP contribution >= 0.6 is 0 Å². The molecule has 3 rings (SSSR count). The highest BCUT2D eigenvalue weighted by Crippen LogP contribution is 2.52. The molecule has 2 aliphatic heterocycles. The second-order valence-corrected chi connectivity index (χ2v) is 6.95. The first-order valence-electron chi connectivity index (χ1n) is 8.15. The molecule has 4 atom stereocenters. The van der Waals surface area contributed by atoms with Gasteiger partial charge < -0.3 is 14.5 Å². The first-order chi connectivity index (χ1) is 11.7. The first kappa shape index (κ1) is 17.4. The van der Waals surface area contributed by atoms with Gasteiger partial charge in [-0.25, -0.2) is 4.39 Å². The van der Waals surface area contributed by atoms with E-state index in [1.54, 1.807) is 33.0 Å². The maximum Gasteiger partial charge on any atom is 0.314 e. The van der Waals surface area contributed by atoms with Crippen LogP contribution in [0.25, 0.3) is 0 Å². The monoisotopic (exact) mass is 348 g/mol. The van der Waals surface area contributed by atoms with E-state index in [0.29, 0.717) is 5.56 Å². The van der Waals surface area contributed by atoms with E-state index >= 15 is 0 Å². The molecular weight excluding hydrogens is 327 g/mol. The lowest BCUT2D eigenvalue weighted by Gasteiger charge is -2.42. The van der Waals surface area contributed by atoms with Gasteiger partial charge in [0.1, 0.15) is 17.9 Å². The van der Waals surface area contributed by atoms with Gasteiger partial charge in [-0.1, -0.05) is 12.1 Å². The molecule has 7 heteroatoms. The Morgan fingerprint density at radius 3 is 2.40 bits per heavy atom. The Morgan fingerprint density at radius 2 is 1.84 bits per heavy atom. The topological polar surface area (TPSA) is 66.9 Å². The standard InChI is InChI=1S/C18H21FN2O4/c1-10-15(22)21-13(16(23)20(10)3)9-18(2,17(24)25-4)14(21)11-5-7-12(19)8-6-11/h5-8,10,13-14H,9H2,1-4H3/t10-,13+,14+,18+/m1/s1. The van der Waals surface area contributed by atoms with Gasteiger partial charge in [-0.05, 0) is 38.0 Å². The molecule has 1 aromatic carbocycles. The normalized spacial score (nSPS) is 32.0. The molecule has 6 nitrogen and oxygen atoms in total. The second-order valence-electron chi connectivity index (χ2n) is 6.95. The molecule has 0 radical (unpaired) electrons. The average molecular weight is 348 g/mol. The minimum Gasteiger partial charge on any atom is -0.469 e. The number of carbonyl (C=O) groups is 3. The van der Waals surface area contributed by atoms with Gasteiger partial charge >= 0.3 is 5.97 Å². The summed E-state index contributed by atoms with van der Waals surface area (Å²) >= 11 is 0. The molecule has 2 amide bonds. The summed E-state index contributed by atoms with van der Waals surface area (Å²) in [4.78, 5) is 41.1. The highest BCUT2D eigenvalue weighted by Gasteiger charge is 2.61. The predicted molar refractivity (Wildman–Crippen MR) is 86.7 cm³/mol. The molecule has 0 bridgehead atoms. The summed E-state index contributed by atoms with van der Waals surface area (Å²) in [7, 11) is 2.87. The van der Waals surface area contributed by atoms with E-state index in [-0.39, 0.29) is 18.2 Å². The molecule has 2 fully saturated rings. The zero-order chi connectivity index (χ0) is 18.5. The Bertz CT molecular complexity index is 735. The van der Waals surface area contributed by atoms with E-state index in [4.69, 9.17) is 4.74 Å². The Labute approximate surface area is 145 Å². The van der Waals surface area contributed by atoms with Crippen molar-refractivity contribution in [2.45, 2.75) is 38.4 Å². The molecule has 0 saturated carbocycles. The number of amides is 2. The van der Waals surface area contributed by atoms with Gasteiger partial charge in [0.15, 0.2) is 0 Å². The predicted octanol–water partition coefficient (Wildman–Crippen LogP) is 1.51. The van der Waals surface area contributed by atoms with E-state index in [1.807, 2.05) is 0 Å². The number of benzene rings is 1. The van der Waals surface area contributed by atoms with Gasteiger partial charge in [0, 0.05) is 7.05 Å². The van der Waals surface area contributed by atoms with Crippen LogP contribution in [0.4, 0.5) is 4.39 Å². The quantitative estimate of drug-likeness (QED) is 0.760. The number of nitrogens with zero attached hydrogens (tertiary/aromatic N) is 2. The summed E-state index contributed by atoms with van der Waals surface area (Å²) < 4.78 is 18.3. The zero-order valence-electron chi connectivity index (χ0n) is 14.7. The molecule has 0 N–H and O–H groups in total. The highest BCUT2D eigenvalue weighted by atomic mass is 19.1. The van der Waals surface area contributed by atoms with Gasteiger partial charge in [0.25, 0.3) is 0 Å². The van der Waals surface area contributed by atoms with Crippen LogP contribution in [-0.2, 0) is 19.1 Å². The maximum absolute atomic E-state index is 13.3. The summed E-state index contributed by atoms with van der Waals surface area (Å²) in [6.07, 6.45) is 0.170. The van der Waals surface area contributed by atoms with E-state index in [1.165, 1.54) is 29.0 Å². The van der Waals surface area contributed by atoms with Crippen molar-refractivity contribution in [1.82, 2.24) is 9.80 Å². The van der Waals surface area contributed by atoms with E-state index in [9.17, 15) is 18.8 Å². The first-order valence-corrected chi connectivity index (χ1v) is 8.15. The van der Waals surface area contributed by atoms with Crippen molar-refractivity contribution in [3.63, 3.8) is 0 Å². The number of carbonyl (C=O) groups excluding carboxylic acids is 3. The van der Waals surface area contributed by atoms with Crippen molar-refractivity contribution < 1.29 is 23.5 Å². The van der Waals surface area contributed by atoms with E-state index < -0.39 is 35.3 Å². The second kappa shape index (κ2) is 5.82. The molecule has 134 valence electrons. The largest absolute Gasteiger partial charge is 0.469 e. The summed E-state index contributed by atoms with van der Waals surface area (Å²) in [6, 6.07) is 3.63. The molecule has 0 aromatic heterocycles. The minimum atomic E-state index is -1.09. The Kier molecular flexibility index (Phi) is 4.05. The van der Waals surface area contributed by atoms with Crippen LogP contribution in [-0.4, -0.2) is 53.8 Å². The molecule has 0 unspecified atom stereocenters. The van der Waals surface area contributed by atoms with Gasteiger partial charge in [-0.2, -0.15) is 0 Å². The van der Waals surface area contributed by atoms with E-state index in [0.717, 1.165) is 0 Å². The lowest BCUT2D eigenvalue weighted by molar-refractivity contribution is -0.160.